The van der Waals surface area contributed by atoms with Crippen molar-refractivity contribution in [2.45, 2.75) is 6.61 Å². The Morgan fingerprint density at radius 3 is 2.44 bits per heavy atom. The van der Waals surface area contributed by atoms with Crippen LogP contribution in [-0.4, -0.2) is 20.2 Å². The Labute approximate surface area is 192 Å². The minimum atomic E-state index is -1.60. The molecule has 4 aromatic rings. The third-order valence-corrected chi connectivity index (χ3v) is 6.79. The molecular formula is C25H21ClO5P+. The number of hydrogen-bond acceptors (Lipinski definition) is 5. The Kier molecular flexibility index (Phi) is 7.03. The van der Waals surface area contributed by atoms with Gasteiger partial charge in [0.2, 0.25) is 0 Å². The summed E-state index contributed by atoms with van der Waals surface area (Å²) in [5, 5.41) is 2.60. The van der Waals surface area contributed by atoms with Crippen molar-refractivity contribution in [3.63, 3.8) is 0 Å². The summed E-state index contributed by atoms with van der Waals surface area (Å²) in [6.07, 6.45) is 0. The van der Waals surface area contributed by atoms with Gasteiger partial charge in [-0.25, -0.2) is 4.79 Å². The van der Waals surface area contributed by atoms with Crippen LogP contribution in [0.3, 0.4) is 0 Å². The molecule has 0 saturated carbocycles. The van der Waals surface area contributed by atoms with Gasteiger partial charge in [0, 0.05) is 15.8 Å². The van der Waals surface area contributed by atoms with Crippen LogP contribution in [0.5, 0.6) is 5.75 Å². The number of hydrogen-bond donors (Lipinski definition) is 0. The molecule has 3 aromatic carbocycles. The summed E-state index contributed by atoms with van der Waals surface area (Å²) in [5.74, 6) is 1.79. The number of benzene rings is 3. The minimum Gasteiger partial charge on any atom is -0.483 e. The van der Waals surface area contributed by atoms with Crippen molar-refractivity contribution in [2.75, 3.05) is 14.2 Å². The molecule has 1 unspecified atom stereocenters. The van der Waals surface area contributed by atoms with Crippen molar-refractivity contribution >= 4 is 36.1 Å². The van der Waals surface area contributed by atoms with Gasteiger partial charge in [-0.1, -0.05) is 72.3 Å². The lowest BCUT2D eigenvalue weighted by molar-refractivity contribution is -0.126. The van der Waals surface area contributed by atoms with Gasteiger partial charge in [-0.05, 0) is 33.5 Å². The topological polar surface area (TPSA) is 54.0 Å². The predicted octanol–water partition coefficient (Wildman–Crippen LogP) is 6.78. The summed E-state index contributed by atoms with van der Waals surface area (Å²) >= 11 is 6.24. The lowest BCUT2D eigenvalue weighted by Crippen LogP contribution is -2.08. The SMILES string of the molecule is COO[p+]1cc2c(-c3cccc(Cl)c3)cccc2c(OCc2ccccc2)c1C(=O)OC. The molecular weight excluding hydrogens is 447 g/mol. The fourth-order valence-electron chi connectivity index (χ4n) is 3.51. The summed E-state index contributed by atoms with van der Waals surface area (Å²) in [4.78, 5) is 17.7. The normalized spacial score (nSPS) is 11.4. The number of carbonyl (C=O) groups excluding carboxylic acids is 1. The zero-order valence-corrected chi connectivity index (χ0v) is 19.2. The van der Waals surface area contributed by atoms with Crippen LogP contribution in [0.4, 0.5) is 0 Å². The molecule has 162 valence electrons. The number of esters is 1. The maximum atomic E-state index is 12.8. The molecule has 0 aliphatic rings. The van der Waals surface area contributed by atoms with E-state index in [0.717, 1.165) is 27.5 Å². The molecule has 5 nitrogen and oxygen atoms in total. The predicted molar refractivity (Wildman–Crippen MR) is 127 cm³/mol. The Morgan fingerprint density at radius 2 is 1.72 bits per heavy atom. The van der Waals surface area contributed by atoms with Gasteiger partial charge >= 0.3 is 19.0 Å². The molecule has 1 aromatic heterocycles. The Morgan fingerprint density at radius 1 is 0.938 bits per heavy atom. The highest BCUT2D eigenvalue weighted by Gasteiger charge is 2.34. The molecule has 0 saturated heterocycles. The Bertz CT molecular complexity index is 1260. The Hall–Kier alpha value is -2.95. The van der Waals surface area contributed by atoms with E-state index in [1.54, 1.807) is 0 Å². The molecule has 4 rings (SSSR count). The van der Waals surface area contributed by atoms with Gasteiger partial charge in [0.1, 0.15) is 6.61 Å². The van der Waals surface area contributed by atoms with Crippen LogP contribution in [0.2, 0.25) is 5.02 Å². The van der Waals surface area contributed by atoms with E-state index < -0.39 is 13.7 Å². The van der Waals surface area contributed by atoms with Crippen molar-refractivity contribution in [2.24, 2.45) is 0 Å². The standard InChI is InChI=1S/C25H21ClO5P/c1-28-25(27)24-23(30-15-17-8-4-3-5-9-17)21-13-7-12-20(18-10-6-11-19(26)14-18)22(21)16-32(24)31-29-2/h3-14,16H,15H2,1-2H3/q+1. The van der Waals surface area contributed by atoms with Crippen LogP contribution < -0.4 is 9.41 Å². The van der Waals surface area contributed by atoms with Crippen LogP contribution in [0.25, 0.3) is 21.9 Å². The second-order valence-electron chi connectivity index (χ2n) is 6.92. The second kappa shape index (κ2) is 10.1. The van der Waals surface area contributed by atoms with E-state index in [4.69, 9.17) is 30.6 Å². The van der Waals surface area contributed by atoms with E-state index in [0.29, 0.717) is 16.1 Å². The molecule has 0 amide bonds. The summed E-state index contributed by atoms with van der Waals surface area (Å²) in [5.41, 5.74) is 2.87. The second-order valence-corrected chi connectivity index (χ2v) is 8.86. The number of rotatable bonds is 7. The first-order valence-corrected chi connectivity index (χ1v) is 11.6. The molecule has 0 N–H and O–H groups in total. The first-order chi connectivity index (χ1) is 15.6. The van der Waals surface area contributed by atoms with E-state index >= 15 is 0 Å². The zero-order valence-electron chi connectivity index (χ0n) is 17.6. The van der Waals surface area contributed by atoms with Crippen LogP contribution in [0, 0.1) is 0 Å². The molecule has 1 heterocycles. The first kappa shape index (κ1) is 22.3. The maximum Gasteiger partial charge on any atom is 0.388 e. The van der Waals surface area contributed by atoms with Gasteiger partial charge in [-0.3, -0.25) is 0 Å². The average Bonchev–Trinajstić information content (AvgIpc) is 2.82. The van der Waals surface area contributed by atoms with E-state index in [1.807, 2.05) is 78.6 Å². The molecule has 0 spiro atoms. The van der Waals surface area contributed by atoms with Crippen LogP contribution in [0.1, 0.15) is 15.7 Å². The van der Waals surface area contributed by atoms with E-state index in [-0.39, 0.29) is 6.61 Å². The van der Waals surface area contributed by atoms with Crippen molar-refractivity contribution in [3.05, 3.63) is 94.5 Å². The van der Waals surface area contributed by atoms with Gasteiger partial charge in [-0.15, -0.1) is 0 Å². The fourth-order valence-corrected chi connectivity index (χ4v) is 5.28. The molecule has 1 atom stereocenters. The number of ether oxygens (including phenoxy) is 2. The van der Waals surface area contributed by atoms with E-state index in [1.165, 1.54) is 14.2 Å². The van der Waals surface area contributed by atoms with Crippen molar-refractivity contribution in [1.82, 2.24) is 0 Å². The number of carbonyl (C=O) groups is 1. The van der Waals surface area contributed by atoms with Crippen molar-refractivity contribution in [1.29, 1.82) is 0 Å². The highest BCUT2D eigenvalue weighted by Crippen LogP contribution is 2.46. The molecule has 32 heavy (non-hydrogen) atoms. The van der Waals surface area contributed by atoms with Gasteiger partial charge < -0.3 is 9.47 Å². The quantitative estimate of drug-likeness (QED) is 0.170. The minimum absolute atomic E-state index is 0.285. The van der Waals surface area contributed by atoms with E-state index in [9.17, 15) is 4.79 Å². The van der Waals surface area contributed by atoms with Crippen LogP contribution in [0.15, 0.2) is 78.6 Å². The molecule has 7 heteroatoms. The molecule has 0 fully saturated rings. The molecule has 0 aliphatic heterocycles. The number of methoxy groups -OCH3 is 1. The van der Waals surface area contributed by atoms with E-state index in [2.05, 4.69) is 0 Å². The van der Waals surface area contributed by atoms with Gasteiger partial charge in [0.05, 0.1) is 14.2 Å². The molecule has 0 bridgehead atoms. The zero-order chi connectivity index (χ0) is 22.5. The molecule has 0 aliphatic carbocycles. The fraction of sp³-hybridized carbons (Fsp3) is 0.120. The number of halogens is 1. The highest BCUT2D eigenvalue weighted by atomic mass is 35.5. The maximum absolute atomic E-state index is 12.8. The largest absolute Gasteiger partial charge is 0.483 e. The third kappa shape index (κ3) is 4.62. The average molecular weight is 468 g/mol. The van der Waals surface area contributed by atoms with Gasteiger partial charge in [-0.2, -0.15) is 4.89 Å². The van der Waals surface area contributed by atoms with Gasteiger partial charge in [0.15, 0.2) is 11.5 Å². The summed E-state index contributed by atoms with van der Waals surface area (Å²) < 4.78 is 16.8. The monoisotopic (exact) mass is 467 g/mol. The summed E-state index contributed by atoms with van der Waals surface area (Å²) in [6.45, 7) is 0.285. The smallest absolute Gasteiger partial charge is 0.388 e. The highest BCUT2D eigenvalue weighted by molar-refractivity contribution is 7.46. The first-order valence-electron chi connectivity index (χ1n) is 9.86. The van der Waals surface area contributed by atoms with Crippen molar-refractivity contribution < 1.29 is 23.8 Å². The van der Waals surface area contributed by atoms with Gasteiger partial charge in [0.25, 0.3) is 0 Å². The van der Waals surface area contributed by atoms with Crippen LogP contribution in [-0.2, 0) is 16.2 Å². The number of fused-ring (bicyclic) bond motifs is 1. The third-order valence-electron chi connectivity index (χ3n) is 4.93. The molecule has 0 radical (unpaired) electrons. The van der Waals surface area contributed by atoms with Crippen LogP contribution >= 0.6 is 19.4 Å². The van der Waals surface area contributed by atoms with Crippen molar-refractivity contribution in [3.8, 4) is 16.9 Å². The Balaban J connectivity index is 1.96. The lowest BCUT2D eigenvalue weighted by Gasteiger charge is -2.13. The lowest BCUT2D eigenvalue weighted by atomic mass is 10.00. The summed E-state index contributed by atoms with van der Waals surface area (Å²) in [7, 11) is 1.15. The summed E-state index contributed by atoms with van der Waals surface area (Å²) in [6, 6.07) is 23.2.